The van der Waals surface area contributed by atoms with Gasteiger partial charge >= 0.3 is 0 Å². The molecule has 2 saturated heterocycles. The van der Waals surface area contributed by atoms with Gasteiger partial charge in [-0.05, 0) is 32.1 Å². The van der Waals surface area contributed by atoms with Crippen molar-refractivity contribution in [3.8, 4) is 0 Å². The van der Waals surface area contributed by atoms with Crippen LogP contribution in [0.5, 0.6) is 0 Å². The van der Waals surface area contributed by atoms with Gasteiger partial charge in [0.2, 0.25) is 0 Å². The number of rotatable bonds is 3. The van der Waals surface area contributed by atoms with Gasteiger partial charge in [-0.3, -0.25) is 9.89 Å². The summed E-state index contributed by atoms with van der Waals surface area (Å²) in [5.74, 6) is 0.744. The van der Waals surface area contributed by atoms with E-state index in [0.29, 0.717) is 6.10 Å². The Labute approximate surface area is 114 Å². The highest BCUT2D eigenvalue weighted by molar-refractivity contribution is 5.81. The maximum atomic E-state index is 6.15. The minimum Gasteiger partial charge on any atom is -0.376 e. The summed E-state index contributed by atoms with van der Waals surface area (Å²) in [4.78, 5) is 9.56. The van der Waals surface area contributed by atoms with E-state index < -0.39 is 0 Å². The van der Waals surface area contributed by atoms with E-state index >= 15 is 0 Å². The van der Waals surface area contributed by atoms with E-state index in [1.165, 1.54) is 38.6 Å². The second-order valence-electron chi connectivity index (χ2n) is 6.60. The van der Waals surface area contributed by atoms with Crippen LogP contribution in [0.3, 0.4) is 0 Å². The van der Waals surface area contributed by atoms with Crippen molar-refractivity contribution in [2.45, 2.75) is 49.8 Å². The van der Waals surface area contributed by atoms with Crippen molar-refractivity contribution in [1.29, 1.82) is 0 Å². The van der Waals surface area contributed by atoms with Gasteiger partial charge in [-0.15, -0.1) is 0 Å². The van der Waals surface area contributed by atoms with Crippen LogP contribution in [-0.4, -0.2) is 66.2 Å². The first-order valence-electron chi connectivity index (χ1n) is 7.70. The molecule has 1 aliphatic carbocycles. The molecule has 2 unspecified atom stereocenters. The minimum absolute atomic E-state index is 0.179. The van der Waals surface area contributed by atoms with Gasteiger partial charge in [0.25, 0.3) is 0 Å². The monoisotopic (exact) mass is 264 g/mol. The van der Waals surface area contributed by atoms with E-state index in [1.807, 2.05) is 0 Å². The summed E-state index contributed by atoms with van der Waals surface area (Å²) in [7, 11) is 0. The number of hydrogen-bond donors (Lipinski definition) is 1. The smallest absolute Gasteiger partial charge is 0.192 e. The van der Waals surface area contributed by atoms with Gasteiger partial charge in [0.15, 0.2) is 5.96 Å². The highest BCUT2D eigenvalue weighted by Gasteiger charge is 2.50. The molecule has 5 heteroatoms. The lowest BCUT2D eigenvalue weighted by molar-refractivity contribution is 0.0668. The molecule has 3 aliphatic heterocycles. The molecule has 3 heterocycles. The number of hydrogen-bond acceptors (Lipinski definition) is 5. The Kier molecular flexibility index (Phi) is 2.74. The molecule has 0 radical (unpaired) electrons. The van der Waals surface area contributed by atoms with Crippen molar-refractivity contribution in [3.05, 3.63) is 0 Å². The number of aliphatic imine (C=N–C) groups is 1. The molecule has 0 amide bonds. The predicted molar refractivity (Wildman–Crippen MR) is 74.1 cm³/mol. The lowest BCUT2D eigenvalue weighted by atomic mass is 9.97. The van der Waals surface area contributed by atoms with Crippen LogP contribution in [0, 0.1) is 0 Å². The Bertz CT molecular complexity index is 389. The van der Waals surface area contributed by atoms with Gasteiger partial charge in [0.1, 0.15) is 0 Å². The van der Waals surface area contributed by atoms with Crippen molar-refractivity contribution in [2.24, 2.45) is 10.7 Å². The summed E-state index contributed by atoms with van der Waals surface area (Å²) in [6.45, 7) is 5.10. The summed E-state index contributed by atoms with van der Waals surface area (Å²) in [6.07, 6.45) is 6.71. The van der Waals surface area contributed by atoms with Crippen LogP contribution in [0.15, 0.2) is 4.99 Å². The first-order chi connectivity index (χ1) is 9.27. The minimum atomic E-state index is 0.179. The molecule has 0 aromatic rings. The summed E-state index contributed by atoms with van der Waals surface area (Å²) in [5, 5.41) is 0. The number of nitrogens with two attached hydrogens (primary N) is 1. The molecular formula is C14H24N4O. The lowest BCUT2D eigenvalue weighted by Crippen LogP contribution is -2.55. The fourth-order valence-electron chi connectivity index (χ4n) is 3.91. The quantitative estimate of drug-likeness (QED) is 0.802. The molecule has 4 rings (SSSR count). The molecule has 1 saturated carbocycles. The Balaban J connectivity index is 1.48. The molecule has 2 atom stereocenters. The van der Waals surface area contributed by atoms with Crippen molar-refractivity contribution < 1.29 is 4.74 Å². The highest BCUT2D eigenvalue weighted by Crippen LogP contribution is 2.38. The summed E-state index contributed by atoms with van der Waals surface area (Å²) >= 11 is 0. The van der Waals surface area contributed by atoms with Gasteiger partial charge in [-0.1, -0.05) is 0 Å². The molecule has 3 fully saturated rings. The highest BCUT2D eigenvalue weighted by atomic mass is 16.5. The molecule has 5 nitrogen and oxygen atoms in total. The van der Waals surface area contributed by atoms with Crippen LogP contribution in [-0.2, 0) is 4.74 Å². The Morgan fingerprint density at radius 1 is 1.37 bits per heavy atom. The molecule has 0 aromatic carbocycles. The third kappa shape index (κ3) is 2.03. The number of nitrogens with zero attached hydrogens (tertiary/aromatic N) is 3. The molecule has 1 spiro atoms. The fourth-order valence-corrected chi connectivity index (χ4v) is 3.91. The van der Waals surface area contributed by atoms with Crippen LogP contribution in [0.2, 0.25) is 0 Å². The zero-order valence-corrected chi connectivity index (χ0v) is 11.6. The third-order valence-corrected chi connectivity index (χ3v) is 5.22. The fraction of sp³-hybridized carbons (Fsp3) is 0.929. The van der Waals surface area contributed by atoms with E-state index in [1.54, 1.807) is 0 Å². The van der Waals surface area contributed by atoms with Crippen LogP contribution in [0.25, 0.3) is 0 Å². The van der Waals surface area contributed by atoms with E-state index in [9.17, 15) is 0 Å². The standard InChI is InChI=1S/C14H24N4O/c15-13-16-9-14(5-6-17(10-14)11-3-4-11)18(13)8-12-2-1-7-19-12/h11-12H,1-10H2,(H2,15,16). The van der Waals surface area contributed by atoms with Gasteiger partial charge in [-0.2, -0.15) is 0 Å². The zero-order chi connectivity index (χ0) is 12.9. The molecular weight excluding hydrogens is 240 g/mol. The summed E-state index contributed by atoms with van der Waals surface area (Å²) in [5.41, 5.74) is 6.33. The average Bonchev–Trinajstić information content (AvgIpc) is 2.87. The summed E-state index contributed by atoms with van der Waals surface area (Å²) in [6, 6.07) is 0.853. The van der Waals surface area contributed by atoms with E-state index in [4.69, 9.17) is 10.5 Å². The topological polar surface area (TPSA) is 54.1 Å². The van der Waals surface area contributed by atoms with Crippen molar-refractivity contribution >= 4 is 5.96 Å². The van der Waals surface area contributed by atoms with Crippen molar-refractivity contribution in [3.63, 3.8) is 0 Å². The second kappa shape index (κ2) is 4.35. The maximum absolute atomic E-state index is 6.15. The molecule has 4 aliphatic rings. The first kappa shape index (κ1) is 12.0. The van der Waals surface area contributed by atoms with E-state index in [0.717, 1.165) is 38.2 Å². The zero-order valence-electron chi connectivity index (χ0n) is 11.6. The van der Waals surface area contributed by atoms with Crippen molar-refractivity contribution in [1.82, 2.24) is 9.80 Å². The normalized spacial score (nSPS) is 39.5. The van der Waals surface area contributed by atoms with Crippen LogP contribution >= 0.6 is 0 Å². The molecule has 2 N–H and O–H groups in total. The molecule has 0 aromatic heterocycles. The summed E-state index contributed by atoms with van der Waals surface area (Å²) < 4.78 is 5.79. The first-order valence-corrected chi connectivity index (χ1v) is 7.70. The van der Waals surface area contributed by atoms with E-state index in [-0.39, 0.29) is 5.54 Å². The van der Waals surface area contributed by atoms with Crippen molar-refractivity contribution in [2.75, 3.05) is 32.8 Å². The van der Waals surface area contributed by atoms with Crippen LogP contribution in [0.4, 0.5) is 0 Å². The molecule has 106 valence electrons. The number of guanidine groups is 1. The Hall–Kier alpha value is -0.810. The van der Waals surface area contributed by atoms with Gasteiger partial charge in [0, 0.05) is 32.3 Å². The molecule has 19 heavy (non-hydrogen) atoms. The Morgan fingerprint density at radius 3 is 3.00 bits per heavy atom. The number of ether oxygens (including phenoxy) is 1. The van der Waals surface area contributed by atoms with Gasteiger partial charge in [-0.25, -0.2) is 0 Å². The van der Waals surface area contributed by atoms with Crippen LogP contribution < -0.4 is 5.73 Å². The second-order valence-corrected chi connectivity index (χ2v) is 6.60. The SMILES string of the molecule is NC1=NCC2(CCN(C3CC3)C2)N1CC1CCCO1. The maximum Gasteiger partial charge on any atom is 0.192 e. The van der Waals surface area contributed by atoms with Gasteiger partial charge in [0.05, 0.1) is 18.2 Å². The lowest BCUT2D eigenvalue weighted by Gasteiger charge is -2.37. The van der Waals surface area contributed by atoms with Crippen LogP contribution in [0.1, 0.15) is 32.1 Å². The van der Waals surface area contributed by atoms with Gasteiger partial charge < -0.3 is 15.4 Å². The predicted octanol–water partition coefficient (Wildman–Crippen LogP) is 0.403. The average molecular weight is 264 g/mol. The third-order valence-electron chi connectivity index (χ3n) is 5.22. The Morgan fingerprint density at radius 2 is 2.26 bits per heavy atom. The van der Waals surface area contributed by atoms with E-state index in [2.05, 4.69) is 14.8 Å². The molecule has 0 bridgehead atoms. The number of likely N-dealkylation sites (tertiary alicyclic amines) is 1. The largest absolute Gasteiger partial charge is 0.376 e.